The second-order valence-corrected chi connectivity index (χ2v) is 7.50. The van der Waals surface area contributed by atoms with Crippen LogP contribution in [0, 0.1) is 6.92 Å². The molecule has 0 amide bonds. The Balaban J connectivity index is 1.33. The molecule has 0 bridgehead atoms. The van der Waals surface area contributed by atoms with Gasteiger partial charge in [0.05, 0.1) is 24.3 Å². The number of carbonyl (C=O) groups is 3. The standard InChI is InChI=1S/C24H22O8/c1-3-20(25)30-17-10-8-16(9-11-17)24(27)32-19-13-29-21-18(12-28-22(19)21)31-23(26)15-6-4-14(2)5-7-15/h3-11,18-19,21-22H,1,12-13H2,2H3/t18-,19-,21-,22-/m1/s1. The topological polar surface area (TPSA) is 97.4 Å². The Bertz CT molecular complexity index is 1010. The summed E-state index contributed by atoms with van der Waals surface area (Å²) >= 11 is 0. The van der Waals surface area contributed by atoms with E-state index >= 15 is 0 Å². The average molecular weight is 438 g/mol. The molecule has 2 heterocycles. The Labute approximate surface area is 184 Å². The first kappa shape index (κ1) is 21.7. The Morgan fingerprint density at radius 3 is 1.78 bits per heavy atom. The summed E-state index contributed by atoms with van der Waals surface area (Å²) in [5.74, 6) is -1.33. The van der Waals surface area contributed by atoms with Gasteiger partial charge in [-0.2, -0.15) is 0 Å². The van der Waals surface area contributed by atoms with Gasteiger partial charge in [-0.05, 0) is 43.3 Å². The van der Waals surface area contributed by atoms with Crippen LogP contribution in [-0.4, -0.2) is 55.5 Å². The highest BCUT2D eigenvalue weighted by atomic mass is 16.7. The van der Waals surface area contributed by atoms with Gasteiger partial charge in [-0.3, -0.25) is 0 Å². The monoisotopic (exact) mass is 438 g/mol. The van der Waals surface area contributed by atoms with Gasteiger partial charge in [-0.15, -0.1) is 0 Å². The van der Waals surface area contributed by atoms with E-state index in [2.05, 4.69) is 6.58 Å². The molecule has 0 saturated carbocycles. The molecule has 0 radical (unpaired) electrons. The molecule has 0 aliphatic carbocycles. The number of carbonyl (C=O) groups excluding carboxylic acids is 3. The molecular weight excluding hydrogens is 416 g/mol. The maximum atomic E-state index is 12.5. The molecule has 2 saturated heterocycles. The first-order valence-electron chi connectivity index (χ1n) is 10.1. The van der Waals surface area contributed by atoms with Gasteiger partial charge in [0.15, 0.2) is 12.2 Å². The second kappa shape index (κ2) is 9.33. The molecule has 32 heavy (non-hydrogen) atoms. The number of hydrogen-bond acceptors (Lipinski definition) is 8. The molecule has 0 aromatic heterocycles. The van der Waals surface area contributed by atoms with Gasteiger partial charge < -0.3 is 23.7 Å². The third-order valence-electron chi connectivity index (χ3n) is 5.24. The van der Waals surface area contributed by atoms with Crippen LogP contribution < -0.4 is 4.74 Å². The van der Waals surface area contributed by atoms with Crippen LogP contribution in [-0.2, 0) is 23.7 Å². The fourth-order valence-corrected chi connectivity index (χ4v) is 3.55. The lowest BCUT2D eigenvalue weighted by atomic mass is 10.1. The number of esters is 3. The van der Waals surface area contributed by atoms with E-state index in [1.165, 1.54) is 24.3 Å². The lowest BCUT2D eigenvalue weighted by Crippen LogP contribution is -2.36. The molecule has 4 rings (SSSR count). The minimum Gasteiger partial charge on any atom is -0.453 e. The van der Waals surface area contributed by atoms with Crippen molar-refractivity contribution in [1.82, 2.24) is 0 Å². The molecule has 0 N–H and O–H groups in total. The molecule has 0 unspecified atom stereocenters. The van der Waals surface area contributed by atoms with Gasteiger partial charge in [0.1, 0.15) is 18.0 Å². The van der Waals surface area contributed by atoms with Crippen molar-refractivity contribution in [3.8, 4) is 5.75 Å². The first-order chi connectivity index (χ1) is 15.4. The molecule has 2 aromatic carbocycles. The highest BCUT2D eigenvalue weighted by Gasteiger charge is 2.51. The third kappa shape index (κ3) is 4.71. The SMILES string of the molecule is C=CC(=O)Oc1ccc(C(=O)O[C@@H]2CO[C@H]3[C@@H]2OC[C@H]3OC(=O)c2ccc(C)cc2)cc1. The molecule has 2 fully saturated rings. The zero-order valence-electron chi connectivity index (χ0n) is 17.4. The van der Waals surface area contributed by atoms with E-state index in [-0.39, 0.29) is 24.5 Å². The van der Waals surface area contributed by atoms with Crippen molar-refractivity contribution in [2.45, 2.75) is 31.3 Å². The smallest absolute Gasteiger partial charge is 0.338 e. The number of benzene rings is 2. The van der Waals surface area contributed by atoms with E-state index < -0.39 is 42.3 Å². The average Bonchev–Trinajstić information content (AvgIpc) is 3.38. The largest absolute Gasteiger partial charge is 0.453 e. The molecule has 0 spiro atoms. The normalized spacial score (nSPS) is 23.8. The van der Waals surface area contributed by atoms with E-state index in [4.69, 9.17) is 23.7 Å². The zero-order chi connectivity index (χ0) is 22.7. The van der Waals surface area contributed by atoms with Gasteiger partial charge >= 0.3 is 17.9 Å². The van der Waals surface area contributed by atoms with Gasteiger partial charge in [0, 0.05) is 6.08 Å². The van der Waals surface area contributed by atoms with Crippen LogP contribution in [0.25, 0.3) is 0 Å². The summed E-state index contributed by atoms with van der Waals surface area (Å²) in [5.41, 5.74) is 1.77. The molecule has 8 heteroatoms. The maximum Gasteiger partial charge on any atom is 0.338 e. The van der Waals surface area contributed by atoms with Crippen molar-refractivity contribution in [3.05, 3.63) is 77.9 Å². The van der Waals surface area contributed by atoms with Gasteiger partial charge in [0.2, 0.25) is 0 Å². The van der Waals surface area contributed by atoms with E-state index in [0.29, 0.717) is 5.56 Å². The minimum absolute atomic E-state index is 0.134. The highest BCUT2D eigenvalue weighted by Crippen LogP contribution is 2.31. The lowest BCUT2D eigenvalue weighted by Gasteiger charge is -2.17. The Hall–Kier alpha value is -3.49. The predicted octanol–water partition coefficient (Wildman–Crippen LogP) is 2.64. The highest BCUT2D eigenvalue weighted by molar-refractivity contribution is 5.90. The fraction of sp³-hybridized carbons (Fsp3) is 0.292. The molecule has 2 aliphatic heterocycles. The quantitative estimate of drug-likeness (QED) is 0.386. The van der Waals surface area contributed by atoms with Crippen molar-refractivity contribution in [2.75, 3.05) is 13.2 Å². The van der Waals surface area contributed by atoms with E-state index in [0.717, 1.165) is 11.6 Å². The van der Waals surface area contributed by atoms with Crippen LogP contribution in [0.3, 0.4) is 0 Å². The van der Waals surface area contributed by atoms with Crippen LogP contribution in [0.2, 0.25) is 0 Å². The van der Waals surface area contributed by atoms with Gasteiger partial charge in [-0.25, -0.2) is 14.4 Å². The molecule has 8 nitrogen and oxygen atoms in total. The first-order valence-corrected chi connectivity index (χ1v) is 10.1. The number of ether oxygens (including phenoxy) is 5. The number of fused-ring (bicyclic) bond motifs is 1. The third-order valence-corrected chi connectivity index (χ3v) is 5.24. The van der Waals surface area contributed by atoms with Crippen LogP contribution in [0.1, 0.15) is 26.3 Å². The molecule has 4 atom stereocenters. The van der Waals surface area contributed by atoms with Crippen LogP contribution in [0.4, 0.5) is 0 Å². The Morgan fingerprint density at radius 1 is 0.844 bits per heavy atom. The predicted molar refractivity (Wildman–Crippen MR) is 111 cm³/mol. The van der Waals surface area contributed by atoms with Crippen molar-refractivity contribution in [2.24, 2.45) is 0 Å². The van der Waals surface area contributed by atoms with E-state index in [9.17, 15) is 14.4 Å². The summed E-state index contributed by atoms with van der Waals surface area (Å²) in [6.45, 7) is 5.55. The number of hydrogen-bond donors (Lipinski definition) is 0. The molecule has 2 aromatic rings. The van der Waals surface area contributed by atoms with Crippen LogP contribution in [0.5, 0.6) is 5.75 Å². The van der Waals surface area contributed by atoms with Gasteiger partial charge in [-0.1, -0.05) is 24.3 Å². The van der Waals surface area contributed by atoms with Crippen LogP contribution in [0.15, 0.2) is 61.2 Å². The lowest BCUT2D eigenvalue weighted by molar-refractivity contribution is -0.128. The summed E-state index contributed by atoms with van der Waals surface area (Å²) in [5, 5.41) is 0. The molecule has 2 aliphatic rings. The fourth-order valence-electron chi connectivity index (χ4n) is 3.55. The number of rotatable bonds is 6. The van der Waals surface area contributed by atoms with E-state index in [1.54, 1.807) is 12.1 Å². The van der Waals surface area contributed by atoms with Crippen LogP contribution >= 0.6 is 0 Å². The van der Waals surface area contributed by atoms with Crippen molar-refractivity contribution >= 4 is 17.9 Å². The summed E-state index contributed by atoms with van der Waals surface area (Å²) in [4.78, 5) is 36.1. The number of aryl methyl sites for hydroxylation is 1. The van der Waals surface area contributed by atoms with Crippen molar-refractivity contribution < 1.29 is 38.1 Å². The minimum atomic E-state index is -0.631. The summed E-state index contributed by atoms with van der Waals surface area (Å²) in [6, 6.07) is 13.0. The summed E-state index contributed by atoms with van der Waals surface area (Å²) < 4.78 is 27.5. The summed E-state index contributed by atoms with van der Waals surface area (Å²) in [7, 11) is 0. The van der Waals surface area contributed by atoms with E-state index in [1.807, 2.05) is 19.1 Å². The zero-order valence-corrected chi connectivity index (χ0v) is 17.4. The second-order valence-electron chi connectivity index (χ2n) is 7.50. The van der Waals surface area contributed by atoms with Crippen molar-refractivity contribution in [1.29, 1.82) is 0 Å². The Morgan fingerprint density at radius 2 is 1.31 bits per heavy atom. The molecular formula is C24H22O8. The van der Waals surface area contributed by atoms with Gasteiger partial charge in [0.25, 0.3) is 0 Å². The summed E-state index contributed by atoms with van der Waals surface area (Å²) in [6.07, 6.45) is -1.21. The molecule has 166 valence electrons. The maximum absolute atomic E-state index is 12.5. The Kier molecular flexibility index (Phi) is 6.34. The van der Waals surface area contributed by atoms with Crippen molar-refractivity contribution in [3.63, 3.8) is 0 Å².